The molecule has 0 aromatic rings. The number of piperidine rings is 1. The van der Waals surface area contributed by atoms with E-state index in [1.807, 2.05) is 13.8 Å². The van der Waals surface area contributed by atoms with Gasteiger partial charge in [0.1, 0.15) is 0 Å². The summed E-state index contributed by atoms with van der Waals surface area (Å²) in [7, 11) is 0. The number of nitriles is 1. The van der Waals surface area contributed by atoms with Crippen LogP contribution in [0.15, 0.2) is 0 Å². The Morgan fingerprint density at radius 3 is 2.88 bits per heavy atom. The fourth-order valence-electron chi connectivity index (χ4n) is 2.21. The second-order valence-electron chi connectivity index (χ2n) is 4.63. The third kappa shape index (κ3) is 2.96. The lowest BCUT2D eigenvalue weighted by Crippen LogP contribution is -2.50. The summed E-state index contributed by atoms with van der Waals surface area (Å²) >= 11 is 0. The van der Waals surface area contributed by atoms with Crippen LogP contribution >= 0.6 is 0 Å². The van der Waals surface area contributed by atoms with Gasteiger partial charge in [-0.3, -0.25) is 4.79 Å². The molecule has 1 saturated heterocycles. The normalized spacial score (nSPS) is 24.8. The van der Waals surface area contributed by atoms with Gasteiger partial charge in [-0.05, 0) is 33.2 Å². The molecule has 90 valence electrons. The summed E-state index contributed by atoms with van der Waals surface area (Å²) in [6.07, 6.45) is 2.42. The van der Waals surface area contributed by atoms with Crippen LogP contribution in [0.1, 0.15) is 33.1 Å². The lowest BCUT2D eigenvalue weighted by molar-refractivity contribution is -0.142. The minimum absolute atomic E-state index is 0.192. The van der Waals surface area contributed by atoms with Gasteiger partial charge >= 0.3 is 0 Å². The van der Waals surface area contributed by atoms with E-state index in [0.29, 0.717) is 19.5 Å². The second-order valence-corrected chi connectivity index (χ2v) is 4.63. The molecule has 4 nitrogen and oxygen atoms in total. The molecule has 0 spiro atoms. The van der Waals surface area contributed by atoms with Crippen LogP contribution in [0.5, 0.6) is 0 Å². The van der Waals surface area contributed by atoms with Crippen molar-refractivity contribution in [1.82, 2.24) is 10.2 Å². The van der Waals surface area contributed by atoms with E-state index in [-0.39, 0.29) is 11.3 Å². The van der Waals surface area contributed by atoms with Gasteiger partial charge in [0, 0.05) is 19.6 Å². The van der Waals surface area contributed by atoms with Crippen LogP contribution in [-0.4, -0.2) is 37.0 Å². The SMILES string of the molecule is CCN(CCC#N)C(=O)C1(C)CCCNC1. The average Bonchev–Trinajstić information content (AvgIpc) is 2.31. The Morgan fingerprint density at radius 2 is 2.38 bits per heavy atom. The summed E-state index contributed by atoms with van der Waals surface area (Å²) in [5.74, 6) is 0.192. The van der Waals surface area contributed by atoms with Crippen LogP contribution in [0.2, 0.25) is 0 Å². The van der Waals surface area contributed by atoms with Crippen molar-refractivity contribution in [1.29, 1.82) is 5.26 Å². The number of carbonyl (C=O) groups is 1. The fourth-order valence-corrected chi connectivity index (χ4v) is 2.21. The highest BCUT2D eigenvalue weighted by Gasteiger charge is 2.37. The molecule has 1 aliphatic rings. The van der Waals surface area contributed by atoms with Crippen LogP contribution in [0.3, 0.4) is 0 Å². The number of hydrogen-bond acceptors (Lipinski definition) is 3. The summed E-state index contributed by atoms with van der Waals surface area (Å²) in [6.45, 7) is 7.00. The minimum atomic E-state index is -0.274. The highest BCUT2D eigenvalue weighted by molar-refractivity contribution is 5.82. The number of amides is 1. The van der Waals surface area contributed by atoms with Gasteiger partial charge < -0.3 is 10.2 Å². The first-order valence-corrected chi connectivity index (χ1v) is 6.01. The van der Waals surface area contributed by atoms with Crippen LogP contribution in [0, 0.1) is 16.7 Å². The van der Waals surface area contributed by atoms with Crippen molar-refractivity contribution in [3.63, 3.8) is 0 Å². The summed E-state index contributed by atoms with van der Waals surface area (Å²) in [4.78, 5) is 14.1. The third-order valence-electron chi connectivity index (χ3n) is 3.28. The molecule has 0 bridgehead atoms. The molecule has 1 amide bonds. The predicted octanol–water partition coefficient (Wildman–Crippen LogP) is 1.14. The fraction of sp³-hybridized carbons (Fsp3) is 0.833. The number of rotatable bonds is 4. The van der Waals surface area contributed by atoms with E-state index in [0.717, 1.165) is 25.9 Å². The molecule has 4 heteroatoms. The number of nitrogens with zero attached hydrogens (tertiary/aromatic N) is 2. The predicted molar refractivity (Wildman–Crippen MR) is 62.7 cm³/mol. The molecule has 1 atom stereocenters. The van der Waals surface area contributed by atoms with Gasteiger partial charge in [0.15, 0.2) is 0 Å². The molecule has 1 rings (SSSR count). The Balaban J connectivity index is 2.62. The smallest absolute Gasteiger partial charge is 0.229 e. The van der Waals surface area contributed by atoms with E-state index < -0.39 is 0 Å². The molecule has 0 aromatic carbocycles. The lowest BCUT2D eigenvalue weighted by Gasteiger charge is -2.36. The monoisotopic (exact) mass is 223 g/mol. The highest BCUT2D eigenvalue weighted by atomic mass is 16.2. The van der Waals surface area contributed by atoms with Gasteiger partial charge in [-0.1, -0.05) is 0 Å². The highest BCUT2D eigenvalue weighted by Crippen LogP contribution is 2.27. The van der Waals surface area contributed by atoms with Gasteiger partial charge in [-0.25, -0.2) is 0 Å². The molecule has 1 heterocycles. The van der Waals surface area contributed by atoms with E-state index in [2.05, 4.69) is 11.4 Å². The Morgan fingerprint density at radius 1 is 1.62 bits per heavy atom. The number of carbonyl (C=O) groups excluding carboxylic acids is 1. The zero-order valence-corrected chi connectivity index (χ0v) is 10.3. The van der Waals surface area contributed by atoms with Crippen LogP contribution in [-0.2, 0) is 4.79 Å². The third-order valence-corrected chi connectivity index (χ3v) is 3.28. The first-order chi connectivity index (χ1) is 7.64. The quantitative estimate of drug-likeness (QED) is 0.777. The molecule has 1 N–H and O–H groups in total. The topological polar surface area (TPSA) is 56.1 Å². The van der Waals surface area contributed by atoms with E-state index >= 15 is 0 Å². The Hall–Kier alpha value is -1.08. The first-order valence-electron chi connectivity index (χ1n) is 6.01. The minimum Gasteiger partial charge on any atom is -0.341 e. The molecular formula is C12H21N3O. The maximum atomic E-state index is 12.3. The van der Waals surface area contributed by atoms with Gasteiger partial charge in [-0.15, -0.1) is 0 Å². The van der Waals surface area contributed by atoms with E-state index in [1.54, 1.807) is 4.90 Å². The van der Waals surface area contributed by atoms with Crippen molar-refractivity contribution in [3.8, 4) is 6.07 Å². The van der Waals surface area contributed by atoms with Crippen molar-refractivity contribution in [2.24, 2.45) is 5.41 Å². The summed E-state index contributed by atoms with van der Waals surface area (Å²) in [6, 6.07) is 2.09. The van der Waals surface area contributed by atoms with Crippen LogP contribution in [0.4, 0.5) is 0 Å². The van der Waals surface area contributed by atoms with Crippen molar-refractivity contribution >= 4 is 5.91 Å². The molecule has 1 fully saturated rings. The lowest BCUT2D eigenvalue weighted by atomic mass is 9.81. The second kappa shape index (κ2) is 5.86. The van der Waals surface area contributed by atoms with Gasteiger partial charge in [0.2, 0.25) is 5.91 Å². The number of hydrogen-bond donors (Lipinski definition) is 1. The average molecular weight is 223 g/mol. The zero-order chi connectivity index (χ0) is 12.0. The molecule has 0 aliphatic carbocycles. The maximum Gasteiger partial charge on any atom is 0.229 e. The van der Waals surface area contributed by atoms with Gasteiger partial charge in [0.25, 0.3) is 0 Å². The first kappa shape index (κ1) is 13.0. The molecule has 1 unspecified atom stereocenters. The molecule has 16 heavy (non-hydrogen) atoms. The molecular weight excluding hydrogens is 202 g/mol. The van der Waals surface area contributed by atoms with E-state index in [9.17, 15) is 4.79 Å². The van der Waals surface area contributed by atoms with Crippen LogP contribution < -0.4 is 5.32 Å². The van der Waals surface area contributed by atoms with Crippen molar-refractivity contribution < 1.29 is 4.79 Å². The standard InChI is InChI=1S/C12H21N3O/c1-3-15(9-5-7-13)11(16)12(2)6-4-8-14-10-12/h14H,3-6,8-10H2,1-2H3. The zero-order valence-electron chi connectivity index (χ0n) is 10.3. The van der Waals surface area contributed by atoms with Crippen LogP contribution in [0.25, 0.3) is 0 Å². The Bertz CT molecular complexity index is 276. The maximum absolute atomic E-state index is 12.3. The number of nitrogens with one attached hydrogen (secondary N) is 1. The summed E-state index contributed by atoms with van der Waals surface area (Å²) in [5.41, 5.74) is -0.274. The molecule has 1 aliphatic heterocycles. The molecule has 0 radical (unpaired) electrons. The summed E-state index contributed by atoms with van der Waals surface area (Å²) < 4.78 is 0. The summed E-state index contributed by atoms with van der Waals surface area (Å²) in [5, 5.41) is 11.8. The van der Waals surface area contributed by atoms with Crippen molar-refractivity contribution in [3.05, 3.63) is 0 Å². The van der Waals surface area contributed by atoms with Crippen molar-refractivity contribution in [2.45, 2.75) is 33.1 Å². The molecule has 0 aromatic heterocycles. The van der Waals surface area contributed by atoms with E-state index in [4.69, 9.17) is 5.26 Å². The molecule has 0 saturated carbocycles. The van der Waals surface area contributed by atoms with E-state index in [1.165, 1.54) is 0 Å². The van der Waals surface area contributed by atoms with Crippen molar-refractivity contribution in [2.75, 3.05) is 26.2 Å². The largest absolute Gasteiger partial charge is 0.341 e. The van der Waals surface area contributed by atoms with Gasteiger partial charge in [0.05, 0.1) is 17.9 Å². The van der Waals surface area contributed by atoms with Gasteiger partial charge in [-0.2, -0.15) is 5.26 Å². The Kier molecular flexibility index (Phi) is 4.75. The Labute approximate surface area is 97.6 Å².